The zero-order chi connectivity index (χ0) is 36.1. The summed E-state index contributed by atoms with van der Waals surface area (Å²) < 4.78 is 0. The van der Waals surface area contributed by atoms with Crippen molar-refractivity contribution in [3.63, 3.8) is 0 Å². The van der Waals surface area contributed by atoms with Crippen LogP contribution in [0.25, 0.3) is 90.1 Å². The molecule has 0 saturated carbocycles. The van der Waals surface area contributed by atoms with Crippen molar-refractivity contribution in [2.45, 2.75) is 0 Å². The van der Waals surface area contributed by atoms with E-state index in [0.717, 1.165) is 84.2 Å². The molecule has 254 valence electrons. The molecule has 5 nitrogen and oxygen atoms in total. The Morgan fingerprint density at radius 2 is 0.630 bits per heavy atom. The molecular weight excluding hydrogens is 659 g/mol. The second kappa shape index (κ2) is 14.7. The average molecular weight is 692 g/mol. The van der Waals surface area contributed by atoms with E-state index in [1.165, 1.54) is 0 Å². The van der Waals surface area contributed by atoms with E-state index in [9.17, 15) is 0 Å². The molecule has 0 unspecified atom stereocenters. The summed E-state index contributed by atoms with van der Waals surface area (Å²) in [5.41, 5.74) is 14.6. The van der Waals surface area contributed by atoms with Gasteiger partial charge >= 0.3 is 0 Å². The molecule has 0 aliphatic carbocycles. The first kappa shape index (κ1) is 32.5. The van der Waals surface area contributed by atoms with E-state index in [4.69, 9.17) is 15.0 Å². The van der Waals surface area contributed by atoms with Gasteiger partial charge in [0.25, 0.3) is 0 Å². The Morgan fingerprint density at radius 1 is 0.222 bits per heavy atom. The van der Waals surface area contributed by atoms with Gasteiger partial charge < -0.3 is 0 Å². The molecule has 5 aromatic carbocycles. The van der Waals surface area contributed by atoms with Crippen molar-refractivity contribution < 1.29 is 0 Å². The fraction of sp³-hybridized carbons (Fsp3) is 0. The molecule has 0 aliphatic heterocycles. The Labute approximate surface area is 314 Å². The first-order valence-electron chi connectivity index (χ1n) is 17.9. The fourth-order valence-corrected chi connectivity index (χ4v) is 6.65. The highest BCUT2D eigenvalue weighted by atomic mass is 14.9. The largest absolute Gasteiger partial charge is 0.255 e. The maximum absolute atomic E-state index is 5.16. The molecule has 0 saturated heterocycles. The van der Waals surface area contributed by atoms with Crippen LogP contribution in [0.15, 0.2) is 200 Å². The third-order valence-electron chi connectivity index (χ3n) is 9.40. The molecule has 5 heteroatoms. The van der Waals surface area contributed by atoms with Crippen molar-refractivity contribution >= 4 is 0 Å². The highest BCUT2D eigenvalue weighted by Crippen LogP contribution is 2.36. The Morgan fingerprint density at radius 3 is 1.13 bits per heavy atom. The quantitative estimate of drug-likeness (QED) is 0.159. The van der Waals surface area contributed by atoms with Crippen LogP contribution in [-0.2, 0) is 0 Å². The van der Waals surface area contributed by atoms with Gasteiger partial charge in [0, 0.05) is 29.1 Å². The van der Waals surface area contributed by atoms with E-state index >= 15 is 0 Å². The van der Waals surface area contributed by atoms with Gasteiger partial charge in [-0.25, -0.2) is 15.0 Å². The summed E-state index contributed by atoms with van der Waals surface area (Å²) in [7, 11) is 0. The van der Waals surface area contributed by atoms with E-state index in [0.29, 0.717) is 5.82 Å². The summed E-state index contributed by atoms with van der Waals surface area (Å²) in [6.45, 7) is 0. The first-order valence-corrected chi connectivity index (χ1v) is 17.9. The second-order valence-corrected chi connectivity index (χ2v) is 13.0. The Kier molecular flexibility index (Phi) is 8.86. The van der Waals surface area contributed by atoms with Gasteiger partial charge in [-0.3, -0.25) is 9.97 Å². The van der Waals surface area contributed by atoms with Gasteiger partial charge in [0.2, 0.25) is 0 Å². The number of rotatable bonds is 8. The molecule has 0 fully saturated rings. The van der Waals surface area contributed by atoms with E-state index in [-0.39, 0.29) is 0 Å². The van der Waals surface area contributed by atoms with Gasteiger partial charge in [0.05, 0.1) is 34.2 Å². The molecule has 0 N–H and O–H groups in total. The van der Waals surface area contributed by atoms with Gasteiger partial charge in [-0.15, -0.1) is 0 Å². The van der Waals surface area contributed by atoms with Gasteiger partial charge in [-0.1, -0.05) is 127 Å². The van der Waals surface area contributed by atoms with Crippen LogP contribution in [0, 0.1) is 0 Å². The summed E-state index contributed by atoms with van der Waals surface area (Å²) in [6.07, 6.45) is 3.59. The maximum atomic E-state index is 5.16. The molecular formula is C49H33N5. The lowest BCUT2D eigenvalue weighted by Gasteiger charge is -2.14. The zero-order valence-corrected chi connectivity index (χ0v) is 29.3. The van der Waals surface area contributed by atoms with Crippen molar-refractivity contribution in [3.8, 4) is 90.1 Å². The fourth-order valence-electron chi connectivity index (χ4n) is 6.65. The third kappa shape index (κ3) is 6.94. The van der Waals surface area contributed by atoms with Gasteiger partial charge in [0.15, 0.2) is 5.82 Å². The SMILES string of the molecule is c1ccc(-c2cc(-c3ccc(-c4cc(-c5ccccn5)nc(-c5ccccn5)c4)cc3)cc(-c3cc(-c4ccccc4)nc(-c4ccccc4)n3)c2)cc1. The van der Waals surface area contributed by atoms with Crippen molar-refractivity contribution in [1.29, 1.82) is 0 Å². The lowest BCUT2D eigenvalue weighted by atomic mass is 9.93. The summed E-state index contributed by atoms with van der Waals surface area (Å²) in [6, 6.07) is 64.5. The minimum absolute atomic E-state index is 0.690. The minimum Gasteiger partial charge on any atom is -0.255 e. The average Bonchev–Trinajstić information content (AvgIpc) is 3.27. The maximum Gasteiger partial charge on any atom is 0.160 e. The molecule has 54 heavy (non-hydrogen) atoms. The summed E-state index contributed by atoms with van der Waals surface area (Å²) in [5.74, 6) is 0.690. The summed E-state index contributed by atoms with van der Waals surface area (Å²) >= 11 is 0. The number of pyridine rings is 3. The van der Waals surface area contributed by atoms with Crippen LogP contribution in [-0.4, -0.2) is 24.9 Å². The lowest BCUT2D eigenvalue weighted by molar-refractivity contribution is 1.18. The van der Waals surface area contributed by atoms with Crippen LogP contribution in [0.1, 0.15) is 0 Å². The summed E-state index contributed by atoms with van der Waals surface area (Å²) in [5, 5.41) is 0. The van der Waals surface area contributed by atoms with Gasteiger partial charge in [0.1, 0.15) is 0 Å². The molecule has 0 atom stereocenters. The molecule has 0 spiro atoms. The zero-order valence-electron chi connectivity index (χ0n) is 29.3. The van der Waals surface area contributed by atoms with Crippen molar-refractivity contribution in [2.75, 3.05) is 0 Å². The van der Waals surface area contributed by atoms with Crippen LogP contribution in [0.5, 0.6) is 0 Å². The van der Waals surface area contributed by atoms with Crippen LogP contribution >= 0.6 is 0 Å². The molecule has 9 rings (SSSR count). The highest BCUT2D eigenvalue weighted by molar-refractivity contribution is 5.83. The monoisotopic (exact) mass is 691 g/mol. The van der Waals surface area contributed by atoms with Crippen LogP contribution in [0.3, 0.4) is 0 Å². The Hall–Kier alpha value is -7.37. The molecule has 4 aromatic heterocycles. The molecule has 4 heterocycles. The minimum atomic E-state index is 0.690. The normalized spacial score (nSPS) is 11.0. The predicted molar refractivity (Wildman–Crippen MR) is 219 cm³/mol. The highest BCUT2D eigenvalue weighted by Gasteiger charge is 2.15. The Balaban J connectivity index is 1.16. The topological polar surface area (TPSA) is 64.5 Å². The van der Waals surface area contributed by atoms with Crippen LogP contribution in [0.2, 0.25) is 0 Å². The standard InChI is InChI=1S/C49H33N5/c1-4-14-34(15-5-1)39-28-40(30-42(29-39)46-33-45(37-16-6-2-7-17-37)53-49(54-46)38-18-8-3-9-19-38)35-22-24-36(25-23-35)41-31-47(43-20-10-12-26-50-43)52-48(32-41)44-21-11-13-27-51-44/h1-33H. The van der Waals surface area contributed by atoms with Crippen LogP contribution in [0.4, 0.5) is 0 Å². The van der Waals surface area contributed by atoms with Crippen molar-refractivity contribution in [2.24, 2.45) is 0 Å². The van der Waals surface area contributed by atoms with E-state index < -0.39 is 0 Å². The first-order chi connectivity index (χ1) is 26.7. The van der Waals surface area contributed by atoms with E-state index in [2.05, 4.69) is 119 Å². The smallest absolute Gasteiger partial charge is 0.160 e. The number of benzene rings is 5. The van der Waals surface area contributed by atoms with E-state index in [1.807, 2.05) is 78.9 Å². The predicted octanol–water partition coefficient (Wildman–Crippen LogP) is 12.0. The van der Waals surface area contributed by atoms with Crippen LogP contribution < -0.4 is 0 Å². The molecule has 0 bridgehead atoms. The molecule has 0 amide bonds. The lowest BCUT2D eigenvalue weighted by Crippen LogP contribution is -1.96. The van der Waals surface area contributed by atoms with Gasteiger partial charge in [-0.05, 0) is 94.0 Å². The number of hydrogen-bond donors (Lipinski definition) is 0. The molecule has 9 aromatic rings. The second-order valence-electron chi connectivity index (χ2n) is 13.0. The molecule has 0 radical (unpaired) electrons. The van der Waals surface area contributed by atoms with Gasteiger partial charge in [-0.2, -0.15) is 0 Å². The van der Waals surface area contributed by atoms with Crippen molar-refractivity contribution in [1.82, 2.24) is 24.9 Å². The number of hydrogen-bond acceptors (Lipinski definition) is 5. The van der Waals surface area contributed by atoms with Crippen molar-refractivity contribution in [3.05, 3.63) is 200 Å². The number of nitrogens with zero attached hydrogens (tertiary/aromatic N) is 5. The van der Waals surface area contributed by atoms with E-state index in [1.54, 1.807) is 12.4 Å². The molecule has 0 aliphatic rings. The number of aromatic nitrogens is 5. The third-order valence-corrected chi connectivity index (χ3v) is 9.40. The Bertz CT molecular complexity index is 2550. The summed E-state index contributed by atoms with van der Waals surface area (Å²) in [4.78, 5) is 24.3.